The van der Waals surface area contributed by atoms with Crippen molar-refractivity contribution in [3.05, 3.63) is 34.9 Å². The van der Waals surface area contributed by atoms with Crippen LogP contribution in [0.25, 0.3) is 0 Å². The third-order valence-electron chi connectivity index (χ3n) is 1.59. The Morgan fingerprint density at radius 1 is 1.57 bits per heavy atom. The van der Waals surface area contributed by atoms with Crippen molar-refractivity contribution in [2.24, 2.45) is 0 Å². The number of rotatable bonds is 3. The molecule has 0 saturated heterocycles. The van der Waals surface area contributed by atoms with E-state index in [0.29, 0.717) is 5.02 Å². The molecule has 0 bridgehead atoms. The molecule has 74 valence electrons. The van der Waals surface area contributed by atoms with Gasteiger partial charge in [0.15, 0.2) is 0 Å². The first-order chi connectivity index (χ1) is 6.53. The minimum atomic E-state index is -2.82. The van der Waals surface area contributed by atoms with Crippen LogP contribution in [0.2, 0.25) is 5.02 Å². The topological polar surface area (TPSA) is 64.7 Å². The number of hydrogen-bond acceptors (Lipinski definition) is 3. The number of halogens is 1. The van der Waals surface area contributed by atoms with E-state index in [2.05, 4.69) is 0 Å². The summed E-state index contributed by atoms with van der Waals surface area (Å²) < 4.78 is 18.9. The van der Waals surface area contributed by atoms with Gasteiger partial charge in [-0.05, 0) is 17.7 Å². The zero-order chi connectivity index (χ0) is 10.6. The van der Waals surface area contributed by atoms with E-state index in [9.17, 15) is 4.21 Å². The van der Waals surface area contributed by atoms with Crippen LogP contribution in [0, 0.1) is 16.1 Å². The monoisotopic (exact) mass is 228 g/mol. The predicted octanol–water partition coefficient (Wildman–Crippen LogP) is 2.41. The molecular formula is C9H9ClN2OS. The fourth-order valence-electron chi connectivity index (χ4n) is 1.05. The standard InChI is InChI=1S/C9H9ClN2OS/c10-9-3-1-2-8(6-9)7-14(12,13)5-4-11/h1-3,6,12H,5,7H2. The Labute approximate surface area is 88.3 Å². The molecular weight excluding hydrogens is 220 g/mol. The van der Waals surface area contributed by atoms with Crippen LogP contribution in [-0.2, 0) is 15.5 Å². The first-order valence-electron chi connectivity index (χ1n) is 3.89. The summed E-state index contributed by atoms with van der Waals surface area (Å²) in [6.45, 7) is 0. The SMILES string of the molecule is N#CCS(=N)(=O)Cc1cccc(Cl)c1. The maximum Gasteiger partial charge on any atom is 0.119 e. The van der Waals surface area contributed by atoms with Gasteiger partial charge in [-0.2, -0.15) is 5.26 Å². The van der Waals surface area contributed by atoms with Crippen LogP contribution in [0.3, 0.4) is 0 Å². The molecule has 1 rings (SSSR count). The summed E-state index contributed by atoms with van der Waals surface area (Å²) in [5.41, 5.74) is 0.729. The second-order valence-electron chi connectivity index (χ2n) is 2.89. The lowest BCUT2D eigenvalue weighted by molar-refractivity contribution is 0.676. The Morgan fingerprint density at radius 3 is 2.86 bits per heavy atom. The second kappa shape index (κ2) is 4.45. The number of nitrogens with one attached hydrogen (secondary N) is 1. The Kier molecular flexibility index (Phi) is 3.50. The molecule has 1 N–H and O–H groups in total. The van der Waals surface area contributed by atoms with Crippen molar-refractivity contribution in [2.45, 2.75) is 5.75 Å². The molecule has 3 nitrogen and oxygen atoms in total. The molecule has 0 heterocycles. The van der Waals surface area contributed by atoms with Crippen LogP contribution in [-0.4, -0.2) is 9.96 Å². The number of nitriles is 1. The Hall–Kier alpha value is -1.05. The number of nitrogens with zero attached hydrogens (tertiary/aromatic N) is 1. The van der Waals surface area contributed by atoms with Crippen molar-refractivity contribution >= 4 is 21.3 Å². The van der Waals surface area contributed by atoms with Gasteiger partial charge in [0.2, 0.25) is 0 Å². The zero-order valence-corrected chi connectivity index (χ0v) is 8.94. The van der Waals surface area contributed by atoms with Crippen LogP contribution in [0.1, 0.15) is 5.56 Å². The van der Waals surface area contributed by atoms with Crippen molar-refractivity contribution in [3.8, 4) is 6.07 Å². The molecule has 1 aromatic rings. The first kappa shape index (κ1) is 11.0. The highest BCUT2D eigenvalue weighted by atomic mass is 35.5. The van der Waals surface area contributed by atoms with Gasteiger partial charge in [0.1, 0.15) is 5.75 Å². The highest BCUT2D eigenvalue weighted by Gasteiger charge is 2.07. The minimum Gasteiger partial charge on any atom is -0.252 e. The van der Waals surface area contributed by atoms with E-state index < -0.39 is 9.73 Å². The normalized spacial score (nSPS) is 14.3. The lowest BCUT2D eigenvalue weighted by Crippen LogP contribution is -2.05. The predicted molar refractivity (Wildman–Crippen MR) is 56.5 cm³/mol. The molecule has 0 aromatic heterocycles. The van der Waals surface area contributed by atoms with Crippen molar-refractivity contribution < 1.29 is 4.21 Å². The summed E-state index contributed by atoms with van der Waals surface area (Å²) in [6, 6.07) is 8.60. The largest absolute Gasteiger partial charge is 0.252 e. The molecule has 0 aliphatic carbocycles. The quantitative estimate of drug-likeness (QED) is 0.864. The van der Waals surface area contributed by atoms with Gasteiger partial charge in [-0.25, -0.2) is 4.21 Å². The fraction of sp³-hybridized carbons (Fsp3) is 0.222. The molecule has 0 aliphatic rings. The summed E-state index contributed by atoms with van der Waals surface area (Å²) in [7, 11) is -2.82. The van der Waals surface area contributed by atoms with Crippen LogP contribution >= 0.6 is 11.6 Å². The summed E-state index contributed by atoms with van der Waals surface area (Å²) in [5, 5.41) is 8.91. The maximum absolute atomic E-state index is 11.5. The average Bonchev–Trinajstić information content (AvgIpc) is 2.02. The van der Waals surface area contributed by atoms with Gasteiger partial charge < -0.3 is 0 Å². The number of hydrogen-bond donors (Lipinski definition) is 1. The second-order valence-corrected chi connectivity index (χ2v) is 5.53. The van der Waals surface area contributed by atoms with E-state index in [1.54, 1.807) is 30.3 Å². The van der Waals surface area contributed by atoms with Crippen LogP contribution < -0.4 is 0 Å². The lowest BCUT2D eigenvalue weighted by Gasteiger charge is -2.03. The van der Waals surface area contributed by atoms with Crippen LogP contribution in [0.15, 0.2) is 24.3 Å². The first-order valence-corrected chi connectivity index (χ1v) is 6.16. The van der Waals surface area contributed by atoms with E-state index in [1.165, 1.54) is 0 Å². The molecule has 1 atom stereocenters. The molecule has 0 radical (unpaired) electrons. The summed E-state index contributed by atoms with van der Waals surface area (Å²) >= 11 is 5.73. The number of benzene rings is 1. The van der Waals surface area contributed by atoms with Gasteiger partial charge >= 0.3 is 0 Å². The molecule has 5 heteroatoms. The molecule has 0 fully saturated rings. The molecule has 14 heavy (non-hydrogen) atoms. The lowest BCUT2D eigenvalue weighted by atomic mass is 10.2. The third-order valence-corrected chi connectivity index (χ3v) is 3.22. The van der Waals surface area contributed by atoms with Gasteiger partial charge in [0.05, 0.1) is 21.6 Å². The van der Waals surface area contributed by atoms with Crippen LogP contribution in [0.5, 0.6) is 0 Å². The molecule has 1 aromatic carbocycles. The molecule has 0 spiro atoms. The molecule has 0 aliphatic heterocycles. The highest BCUT2D eigenvalue weighted by molar-refractivity contribution is 7.91. The van der Waals surface area contributed by atoms with Gasteiger partial charge in [0, 0.05) is 5.02 Å². The third kappa shape index (κ3) is 3.36. The van der Waals surface area contributed by atoms with Crippen molar-refractivity contribution in [2.75, 3.05) is 5.75 Å². The Morgan fingerprint density at radius 2 is 2.29 bits per heavy atom. The fourth-order valence-corrected chi connectivity index (χ4v) is 2.29. The smallest absolute Gasteiger partial charge is 0.119 e. The molecule has 1 unspecified atom stereocenters. The van der Waals surface area contributed by atoms with E-state index in [-0.39, 0.29) is 11.5 Å². The van der Waals surface area contributed by atoms with E-state index in [0.717, 1.165) is 5.56 Å². The van der Waals surface area contributed by atoms with E-state index >= 15 is 0 Å². The highest BCUT2D eigenvalue weighted by Crippen LogP contribution is 2.13. The van der Waals surface area contributed by atoms with Crippen molar-refractivity contribution in [1.82, 2.24) is 0 Å². The molecule has 0 amide bonds. The van der Waals surface area contributed by atoms with Gasteiger partial charge in [0.25, 0.3) is 0 Å². The van der Waals surface area contributed by atoms with Crippen molar-refractivity contribution in [1.29, 1.82) is 10.0 Å². The zero-order valence-electron chi connectivity index (χ0n) is 7.37. The van der Waals surface area contributed by atoms with E-state index in [1.807, 2.05) is 0 Å². The molecule has 0 saturated carbocycles. The van der Waals surface area contributed by atoms with Gasteiger partial charge in [-0.1, -0.05) is 23.7 Å². The maximum atomic E-state index is 11.5. The minimum absolute atomic E-state index is 0.0844. The Balaban J connectivity index is 2.85. The summed E-state index contributed by atoms with van der Waals surface area (Å²) in [6.07, 6.45) is 0. The summed E-state index contributed by atoms with van der Waals surface area (Å²) in [5.74, 6) is -0.152. The van der Waals surface area contributed by atoms with Crippen LogP contribution in [0.4, 0.5) is 0 Å². The van der Waals surface area contributed by atoms with E-state index in [4.69, 9.17) is 21.6 Å². The summed E-state index contributed by atoms with van der Waals surface area (Å²) in [4.78, 5) is 0. The average molecular weight is 229 g/mol. The van der Waals surface area contributed by atoms with Gasteiger partial charge in [-0.3, -0.25) is 4.78 Å². The van der Waals surface area contributed by atoms with Gasteiger partial charge in [-0.15, -0.1) is 0 Å². The van der Waals surface area contributed by atoms with Crippen molar-refractivity contribution in [3.63, 3.8) is 0 Å². The Bertz CT molecular complexity index is 462.